The van der Waals surface area contributed by atoms with Gasteiger partial charge in [0.25, 0.3) is 0 Å². The first-order chi connectivity index (χ1) is 5.41. The molecule has 0 aliphatic rings. The number of ether oxygens (including phenoxy) is 1. The molecule has 12 heavy (non-hydrogen) atoms. The van der Waals surface area contributed by atoms with E-state index in [1.54, 1.807) is 5.32 Å². The number of halogens is 3. The number of alkyl halides is 3. The lowest BCUT2D eigenvalue weighted by molar-refractivity contribution is -0.154. The average molecular weight is 185 g/mol. The first kappa shape index (κ1) is 11.1. The monoisotopic (exact) mass is 185 g/mol. The SMILES string of the molecule is CCC(NC(=O)OC)C(F)(F)F. The molecule has 0 saturated heterocycles. The van der Waals surface area contributed by atoms with Gasteiger partial charge in [0.15, 0.2) is 0 Å². The molecule has 1 atom stereocenters. The van der Waals surface area contributed by atoms with Crippen LogP contribution in [0.1, 0.15) is 13.3 Å². The van der Waals surface area contributed by atoms with Gasteiger partial charge < -0.3 is 10.1 Å². The van der Waals surface area contributed by atoms with Crippen molar-refractivity contribution in [2.24, 2.45) is 0 Å². The van der Waals surface area contributed by atoms with E-state index >= 15 is 0 Å². The van der Waals surface area contributed by atoms with Crippen LogP contribution in [0.4, 0.5) is 18.0 Å². The Labute approximate surface area is 67.9 Å². The number of rotatable bonds is 2. The van der Waals surface area contributed by atoms with E-state index in [9.17, 15) is 18.0 Å². The third-order valence-corrected chi connectivity index (χ3v) is 1.28. The van der Waals surface area contributed by atoms with Crippen LogP contribution >= 0.6 is 0 Å². The summed E-state index contributed by atoms with van der Waals surface area (Å²) in [4.78, 5) is 10.4. The quantitative estimate of drug-likeness (QED) is 0.710. The first-order valence-corrected chi connectivity index (χ1v) is 3.33. The number of hydrogen-bond acceptors (Lipinski definition) is 2. The van der Waals surface area contributed by atoms with Crippen LogP contribution in [0.5, 0.6) is 0 Å². The smallest absolute Gasteiger partial charge is 0.408 e. The molecule has 0 aliphatic carbocycles. The molecule has 0 bridgehead atoms. The predicted molar refractivity (Wildman–Crippen MR) is 35.7 cm³/mol. The number of nitrogens with one attached hydrogen (secondary N) is 1. The van der Waals surface area contributed by atoms with Gasteiger partial charge in [-0.15, -0.1) is 0 Å². The first-order valence-electron chi connectivity index (χ1n) is 3.33. The molecule has 0 aromatic heterocycles. The van der Waals surface area contributed by atoms with Crippen LogP contribution in [0, 0.1) is 0 Å². The fourth-order valence-corrected chi connectivity index (χ4v) is 0.617. The zero-order chi connectivity index (χ0) is 9.78. The molecule has 0 fully saturated rings. The highest BCUT2D eigenvalue weighted by Gasteiger charge is 2.39. The van der Waals surface area contributed by atoms with E-state index < -0.39 is 18.3 Å². The second-order valence-corrected chi connectivity index (χ2v) is 2.14. The molecular weight excluding hydrogens is 175 g/mol. The van der Waals surface area contributed by atoms with E-state index in [1.807, 2.05) is 0 Å². The van der Waals surface area contributed by atoms with E-state index in [0.717, 1.165) is 7.11 Å². The summed E-state index contributed by atoms with van der Waals surface area (Å²) in [7, 11) is 1.01. The van der Waals surface area contributed by atoms with Crippen molar-refractivity contribution in [3.63, 3.8) is 0 Å². The van der Waals surface area contributed by atoms with Crippen molar-refractivity contribution in [2.75, 3.05) is 7.11 Å². The number of methoxy groups -OCH3 is 1. The molecule has 6 heteroatoms. The maximum atomic E-state index is 11.9. The third-order valence-electron chi connectivity index (χ3n) is 1.28. The van der Waals surface area contributed by atoms with E-state index in [4.69, 9.17) is 0 Å². The zero-order valence-corrected chi connectivity index (χ0v) is 6.73. The number of carbonyl (C=O) groups excluding carboxylic acids is 1. The van der Waals surface area contributed by atoms with Gasteiger partial charge in [-0.1, -0.05) is 6.92 Å². The van der Waals surface area contributed by atoms with Crippen molar-refractivity contribution in [1.82, 2.24) is 5.32 Å². The molecule has 72 valence electrons. The molecular formula is C6H10F3NO2. The summed E-state index contributed by atoms with van der Waals surface area (Å²) in [6, 6.07) is -1.83. The minimum absolute atomic E-state index is 0.210. The van der Waals surface area contributed by atoms with Crippen molar-refractivity contribution in [1.29, 1.82) is 0 Å². The summed E-state index contributed by atoms with van der Waals surface area (Å²) < 4.78 is 39.9. The summed E-state index contributed by atoms with van der Waals surface area (Å²) in [5, 5.41) is 1.67. The van der Waals surface area contributed by atoms with Crippen LogP contribution in [0.15, 0.2) is 0 Å². The average Bonchev–Trinajstić information content (AvgIpc) is 1.97. The number of hydrogen-bond donors (Lipinski definition) is 1. The van der Waals surface area contributed by atoms with Crippen molar-refractivity contribution in [2.45, 2.75) is 25.6 Å². The Morgan fingerprint density at radius 2 is 2.08 bits per heavy atom. The van der Waals surface area contributed by atoms with Gasteiger partial charge in [-0.3, -0.25) is 0 Å². The van der Waals surface area contributed by atoms with E-state index in [1.165, 1.54) is 6.92 Å². The highest BCUT2D eigenvalue weighted by Crippen LogP contribution is 2.22. The Bertz CT molecular complexity index is 157. The molecule has 0 radical (unpaired) electrons. The second-order valence-electron chi connectivity index (χ2n) is 2.14. The lowest BCUT2D eigenvalue weighted by Gasteiger charge is -2.18. The lowest BCUT2D eigenvalue weighted by atomic mass is 10.2. The topological polar surface area (TPSA) is 38.3 Å². The Kier molecular flexibility index (Phi) is 3.85. The minimum atomic E-state index is -4.41. The van der Waals surface area contributed by atoms with Gasteiger partial charge in [-0.2, -0.15) is 13.2 Å². The van der Waals surface area contributed by atoms with Crippen molar-refractivity contribution in [3.05, 3.63) is 0 Å². The van der Waals surface area contributed by atoms with Gasteiger partial charge in [0.1, 0.15) is 6.04 Å². The molecule has 0 aromatic rings. The summed E-state index contributed by atoms with van der Waals surface area (Å²) in [6.07, 6.45) is -5.69. The molecule has 1 amide bonds. The molecule has 1 unspecified atom stereocenters. The van der Waals surface area contributed by atoms with E-state index in [-0.39, 0.29) is 6.42 Å². The number of carbonyl (C=O) groups is 1. The van der Waals surface area contributed by atoms with Gasteiger partial charge in [0.2, 0.25) is 0 Å². The van der Waals surface area contributed by atoms with E-state index in [2.05, 4.69) is 4.74 Å². The summed E-state index contributed by atoms with van der Waals surface area (Å²) in [5.74, 6) is 0. The van der Waals surface area contributed by atoms with Crippen molar-refractivity contribution in [3.8, 4) is 0 Å². The molecule has 0 rings (SSSR count). The van der Waals surface area contributed by atoms with Crippen LogP contribution in [-0.4, -0.2) is 25.4 Å². The number of alkyl carbamates (subject to hydrolysis) is 1. The standard InChI is InChI=1S/C6H10F3NO2/c1-3-4(6(7,8)9)10-5(11)12-2/h4H,3H2,1-2H3,(H,10,11). The van der Waals surface area contributed by atoms with Gasteiger partial charge in [0.05, 0.1) is 7.11 Å². The van der Waals surface area contributed by atoms with Crippen molar-refractivity contribution < 1.29 is 22.7 Å². The zero-order valence-electron chi connectivity index (χ0n) is 6.73. The van der Waals surface area contributed by atoms with Crippen LogP contribution in [0.3, 0.4) is 0 Å². The van der Waals surface area contributed by atoms with Crippen LogP contribution in [0.25, 0.3) is 0 Å². The maximum absolute atomic E-state index is 11.9. The van der Waals surface area contributed by atoms with Gasteiger partial charge in [0, 0.05) is 0 Å². The Morgan fingerprint density at radius 3 is 2.33 bits per heavy atom. The molecule has 0 saturated carbocycles. The Balaban J connectivity index is 4.09. The maximum Gasteiger partial charge on any atom is 0.408 e. The third kappa shape index (κ3) is 3.45. The van der Waals surface area contributed by atoms with Crippen LogP contribution < -0.4 is 5.32 Å². The largest absolute Gasteiger partial charge is 0.453 e. The molecule has 1 N–H and O–H groups in total. The van der Waals surface area contributed by atoms with Gasteiger partial charge >= 0.3 is 12.3 Å². The summed E-state index contributed by atoms with van der Waals surface area (Å²) >= 11 is 0. The highest BCUT2D eigenvalue weighted by molar-refractivity contribution is 5.67. The van der Waals surface area contributed by atoms with Gasteiger partial charge in [-0.05, 0) is 6.42 Å². The fraction of sp³-hybridized carbons (Fsp3) is 0.833. The second kappa shape index (κ2) is 4.18. The minimum Gasteiger partial charge on any atom is -0.453 e. The molecule has 0 spiro atoms. The van der Waals surface area contributed by atoms with Crippen molar-refractivity contribution >= 4 is 6.09 Å². The predicted octanol–water partition coefficient (Wildman–Crippen LogP) is 1.68. The molecule has 3 nitrogen and oxygen atoms in total. The molecule has 0 aromatic carbocycles. The lowest BCUT2D eigenvalue weighted by Crippen LogP contribution is -2.44. The van der Waals surface area contributed by atoms with E-state index in [0.29, 0.717) is 0 Å². The van der Waals surface area contributed by atoms with Crippen LogP contribution in [0.2, 0.25) is 0 Å². The Hall–Kier alpha value is -0.940. The normalized spacial score (nSPS) is 13.8. The highest BCUT2D eigenvalue weighted by atomic mass is 19.4. The fourth-order valence-electron chi connectivity index (χ4n) is 0.617. The van der Waals surface area contributed by atoms with Crippen LogP contribution in [-0.2, 0) is 4.74 Å². The summed E-state index contributed by atoms with van der Waals surface area (Å²) in [5.41, 5.74) is 0. The molecule has 0 aliphatic heterocycles. The molecule has 0 heterocycles. The van der Waals surface area contributed by atoms with Gasteiger partial charge in [-0.25, -0.2) is 4.79 Å². The Morgan fingerprint density at radius 1 is 1.58 bits per heavy atom. The number of amides is 1. The summed E-state index contributed by atoms with van der Waals surface area (Å²) in [6.45, 7) is 1.33.